The number of benzene rings is 1. The average Bonchev–Trinajstić information content (AvgIpc) is 2.63. The topological polar surface area (TPSA) is 35.0 Å². The van der Waals surface area contributed by atoms with Crippen LogP contribution in [0, 0.1) is 0 Å². The molecule has 3 nitrogen and oxygen atoms in total. The molecule has 0 bridgehead atoms. The van der Waals surface area contributed by atoms with E-state index >= 15 is 0 Å². The van der Waals surface area contributed by atoms with Crippen molar-refractivity contribution in [1.82, 2.24) is 10.2 Å². The summed E-state index contributed by atoms with van der Waals surface area (Å²) in [6.07, 6.45) is 0. The fraction of sp³-hybridized carbons (Fsp3) is 0.111. The van der Waals surface area contributed by atoms with E-state index in [2.05, 4.69) is 26.1 Å². The summed E-state index contributed by atoms with van der Waals surface area (Å²) in [6, 6.07) is 5.41. The number of aromatic nitrogens is 2. The molecule has 0 amide bonds. The molecule has 1 heterocycles. The van der Waals surface area contributed by atoms with Crippen LogP contribution in [0.5, 0.6) is 5.75 Å². The van der Waals surface area contributed by atoms with E-state index in [4.69, 9.17) is 27.9 Å². The summed E-state index contributed by atoms with van der Waals surface area (Å²) in [4.78, 5) is 0. The number of halogens is 3. The molecule has 0 saturated carbocycles. The van der Waals surface area contributed by atoms with Crippen LogP contribution in [-0.2, 0) is 6.61 Å². The molecule has 0 saturated heterocycles. The lowest BCUT2D eigenvalue weighted by Crippen LogP contribution is -1.95. The lowest BCUT2D eigenvalue weighted by atomic mass is 10.3. The first-order chi connectivity index (χ1) is 7.65. The molecule has 1 aromatic carbocycles. The van der Waals surface area contributed by atoms with Gasteiger partial charge in [0.25, 0.3) is 0 Å². The Labute approximate surface area is 114 Å². The number of nitrogens with zero attached hydrogens (tertiary/aromatic N) is 2. The normalized spacial score (nSPS) is 10.4. The van der Waals surface area contributed by atoms with Gasteiger partial charge in [0.15, 0.2) is 5.01 Å². The molecule has 0 N–H and O–H groups in total. The van der Waals surface area contributed by atoms with Gasteiger partial charge in [0.05, 0.1) is 5.02 Å². The first-order valence-electron chi connectivity index (χ1n) is 4.21. The van der Waals surface area contributed by atoms with E-state index in [9.17, 15) is 0 Å². The van der Waals surface area contributed by atoms with Gasteiger partial charge in [-0.25, -0.2) is 0 Å². The van der Waals surface area contributed by atoms with Crippen LogP contribution in [0.25, 0.3) is 0 Å². The Kier molecular flexibility index (Phi) is 4.02. The van der Waals surface area contributed by atoms with Crippen LogP contribution in [0.3, 0.4) is 0 Å². The lowest BCUT2D eigenvalue weighted by molar-refractivity contribution is 0.304. The van der Waals surface area contributed by atoms with Crippen LogP contribution in [0.1, 0.15) is 5.01 Å². The minimum atomic E-state index is 0.311. The second-order valence-electron chi connectivity index (χ2n) is 2.81. The van der Waals surface area contributed by atoms with E-state index < -0.39 is 0 Å². The van der Waals surface area contributed by atoms with Crippen LogP contribution >= 0.6 is 50.5 Å². The molecule has 0 atom stereocenters. The summed E-state index contributed by atoms with van der Waals surface area (Å²) in [5.74, 6) is 0.608. The van der Waals surface area contributed by atoms with Crippen molar-refractivity contribution in [2.24, 2.45) is 0 Å². The molecular weight excluding hydrogens is 335 g/mol. The second kappa shape index (κ2) is 5.31. The van der Waals surface area contributed by atoms with Gasteiger partial charge in [-0.2, -0.15) is 0 Å². The summed E-state index contributed by atoms with van der Waals surface area (Å²) in [5, 5.41) is 8.77. The standard InChI is InChI=1S/C9H5BrCl2N2OS/c10-5-1-2-7(6(11)3-5)15-4-8-13-14-9(12)16-8/h1-3H,4H2. The first kappa shape index (κ1) is 12.1. The van der Waals surface area contributed by atoms with Crippen molar-refractivity contribution in [3.63, 3.8) is 0 Å². The number of hydrogen-bond donors (Lipinski definition) is 0. The van der Waals surface area contributed by atoms with Crippen LogP contribution in [0.2, 0.25) is 9.49 Å². The Morgan fingerprint density at radius 2 is 2.12 bits per heavy atom. The Morgan fingerprint density at radius 3 is 2.75 bits per heavy atom. The molecule has 0 aliphatic rings. The van der Waals surface area contributed by atoms with E-state index in [1.807, 2.05) is 6.07 Å². The highest BCUT2D eigenvalue weighted by Crippen LogP contribution is 2.28. The van der Waals surface area contributed by atoms with Gasteiger partial charge in [-0.1, -0.05) is 38.9 Å². The predicted octanol–water partition coefficient (Wildman–Crippen LogP) is 4.19. The molecule has 16 heavy (non-hydrogen) atoms. The molecule has 0 fully saturated rings. The largest absolute Gasteiger partial charge is 0.485 e. The Balaban J connectivity index is 2.04. The van der Waals surface area contributed by atoms with E-state index in [-0.39, 0.29) is 0 Å². The van der Waals surface area contributed by atoms with Crippen LogP contribution in [0.4, 0.5) is 0 Å². The fourth-order valence-electron chi connectivity index (χ4n) is 1.02. The fourth-order valence-corrected chi connectivity index (χ4v) is 2.53. The summed E-state index contributed by atoms with van der Waals surface area (Å²) < 4.78 is 6.80. The minimum Gasteiger partial charge on any atom is -0.485 e. The number of rotatable bonds is 3. The monoisotopic (exact) mass is 338 g/mol. The van der Waals surface area contributed by atoms with Crippen LogP contribution in [0.15, 0.2) is 22.7 Å². The molecule has 1 aromatic heterocycles. The Bertz CT molecular complexity index is 506. The van der Waals surface area contributed by atoms with Gasteiger partial charge in [0.1, 0.15) is 12.4 Å². The molecule has 0 radical (unpaired) electrons. The summed E-state index contributed by atoms with van der Waals surface area (Å²) >= 11 is 16.2. The van der Waals surface area contributed by atoms with Crippen LogP contribution < -0.4 is 4.74 Å². The molecule has 0 spiro atoms. The van der Waals surface area contributed by atoms with Gasteiger partial charge in [-0.3, -0.25) is 0 Å². The quantitative estimate of drug-likeness (QED) is 0.841. The third kappa shape index (κ3) is 3.07. The van der Waals surface area contributed by atoms with Gasteiger partial charge in [0, 0.05) is 4.47 Å². The highest BCUT2D eigenvalue weighted by atomic mass is 79.9. The summed E-state index contributed by atoms with van der Waals surface area (Å²) in [5.41, 5.74) is 0. The van der Waals surface area contributed by atoms with E-state index in [1.165, 1.54) is 11.3 Å². The molecule has 2 rings (SSSR count). The van der Waals surface area contributed by atoms with Gasteiger partial charge in [0.2, 0.25) is 4.47 Å². The molecule has 0 aliphatic heterocycles. The Morgan fingerprint density at radius 1 is 1.31 bits per heavy atom. The number of hydrogen-bond acceptors (Lipinski definition) is 4. The predicted molar refractivity (Wildman–Crippen MR) is 68.4 cm³/mol. The molecule has 2 aromatic rings. The second-order valence-corrected chi connectivity index (χ2v) is 5.78. The smallest absolute Gasteiger partial charge is 0.207 e. The summed E-state index contributed by atoms with van der Waals surface area (Å²) in [7, 11) is 0. The van der Waals surface area contributed by atoms with E-state index in [1.54, 1.807) is 12.1 Å². The summed E-state index contributed by atoms with van der Waals surface area (Å²) in [6.45, 7) is 0.311. The highest BCUT2D eigenvalue weighted by Gasteiger charge is 2.05. The number of ether oxygens (including phenoxy) is 1. The lowest BCUT2D eigenvalue weighted by Gasteiger charge is -2.05. The van der Waals surface area contributed by atoms with Gasteiger partial charge >= 0.3 is 0 Å². The minimum absolute atomic E-state index is 0.311. The Hall–Kier alpha value is -0.360. The maximum atomic E-state index is 5.99. The molecule has 0 aliphatic carbocycles. The maximum Gasteiger partial charge on any atom is 0.207 e. The van der Waals surface area contributed by atoms with Crippen molar-refractivity contribution in [2.75, 3.05) is 0 Å². The van der Waals surface area contributed by atoms with Crippen LogP contribution in [-0.4, -0.2) is 10.2 Å². The molecule has 0 unspecified atom stereocenters. The van der Waals surface area contributed by atoms with Gasteiger partial charge < -0.3 is 4.74 Å². The third-order valence-corrected chi connectivity index (χ3v) is 3.47. The zero-order valence-electron chi connectivity index (χ0n) is 7.78. The van der Waals surface area contributed by atoms with Crippen molar-refractivity contribution in [1.29, 1.82) is 0 Å². The van der Waals surface area contributed by atoms with Gasteiger partial charge in [-0.15, -0.1) is 10.2 Å². The van der Waals surface area contributed by atoms with Crippen molar-refractivity contribution in [3.05, 3.63) is 37.2 Å². The highest BCUT2D eigenvalue weighted by molar-refractivity contribution is 9.10. The maximum absolute atomic E-state index is 5.99. The van der Waals surface area contributed by atoms with Gasteiger partial charge in [-0.05, 0) is 29.8 Å². The van der Waals surface area contributed by atoms with E-state index in [0.717, 1.165) is 4.47 Å². The zero-order chi connectivity index (χ0) is 11.5. The first-order valence-corrected chi connectivity index (χ1v) is 6.57. The van der Waals surface area contributed by atoms with Crippen molar-refractivity contribution >= 4 is 50.5 Å². The average molecular weight is 340 g/mol. The van der Waals surface area contributed by atoms with Crippen molar-refractivity contribution in [2.45, 2.75) is 6.61 Å². The molecule has 7 heteroatoms. The zero-order valence-corrected chi connectivity index (χ0v) is 11.7. The van der Waals surface area contributed by atoms with Crippen molar-refractivity contribution in [3.8, 4) is 5.75 Å². The third-order valence-electron chi connectivity index (χ3n) is 1.69. The molecule has 84 valence electrons. The van der Waals surface area contributed by atoms with Crippen molar-refractivity contribution < 1.29 is 4.74 Å². The van der Waals surface area contributed by atoms with E-state index in [0.29, 0.717) is 26.9 Å². The SMILES string of the molecule is Clc1nnc(COc2ccc(Br)cc2Cl)s1. The molecular formula is C9H5BrCl2N2OS.